The molecule has 1 unspecified atom stereocenters. The van der Waals surface area contributed by atoms with Crippen molar-refractivity contribution >= 4 is 54.7 Å². The molecule has 1 atom stereocenters. The number of halogens is 5. The third kappa shape index (κ3) is 10.7. The maximum atomic E-state index is 13.5. The fourth-order valence-corrected chi connectivity index (χ4v) is 5.73. The maximum Gasteiger partial charge on any atom is 0.238 e. The number of aryl methyl sites for hydroxylation is 3. The Balaban J connectivity index is 0.00000323. The summed E-state index contributed by atoms with van der Waals surface area (Å²) in [6, 6.07) is 14.4. The first-order valence-electron chi connectivity index (χ1n) is 14.1. The minimum absolute atomic E-state index is 0. The second-order valence-electron chi connectivity index (χ2n) is 10.9. The van der Waals surface area contributed by atoms with Crippen molar-refractivity contribution in [3.05, 3.63) is 94.3 Å². The molecule has 0 bridgehead atoms. The number of nitrogens with zero attached hydrogens (tertiary/aromatic N) is 3. The number of primary amides is 1. The third-order valence-corrected chi connectivity index (χ3v) is 7.79. The molecule has 1 aliphatic rings. The number of hydrogen-bond acceptors (Lipinski definition) is 5. The van der Waals surface area contributed by atoms with Gasteiger partial charge in [-0.25, -0.2) is 8.78 Å². The van der Waals surface area contributed by atoms with Crippen molar-refractivity contribution in [2.24, 2.45) is 5.73 Å². The van der Waals surface area contributed by atoms with E-state index in [2.05, 4.69) is 15.2 Å². The van der Waals surface area contributed by atoms with Crippen LogP contribution in [0.5, 0.6) is 0 Å². The quantitative estimate of drug-likeness (QED) is 0.245. The van der Waals surface area contributed by atoms with Crippen LogP contribution in [-0.2, 0) is 9.59 Å². The molecule has 2 amide bonds. The zero-order valence-electron chi connectivity index (χ0n) is 25.2. The van der Waals surface area contributed by atoms with Gasteiger partial charge in [0.2, 0.25) is 11.8 Å². The van der Waals surface area contributed by atoms with Crippen molar-refractivity contribution in [2.45, 2.75) is 52.0 Å². The fourth-order valence-electron chi connectivity index (χ4n) is 5.73. The van der Waals surface area contributed by atoms with Crippen LogP contribution < -0.4 is 11.1 Å². The summed E-state index contributed by atoms with van der Waals surface area (Å²) in [5.74, 6) is -1.13. The molecular weight excluding hydrogens is 631 g/mol. The summed E-state index contributed by atoms with van der Waals surface area (Å²) >= 11 is 0. The molecule has 0 spiro atoms. The predicted molar refractivity (Wildman–Crippen MR) is 178 cm³/mol. The Morgan fingerprint density at radius 1 is 0.932 bits per heavy atom. The lowest BCUT2D eigenvalue weighted by atomic mass is 9.87. The van der Waals surface area contributed by atoms with Gasteiger partial charge < -0.3 is 11.1 Å². The molecule has 1 saturated heterocycles. The first-order chi connectivity index (χ1) is 19.6. The number of benzene rings is 2. The molecule has 7 nitrogen and oxygen atoms in total. The summed E-state index contributed by atoms with van der Waals surface area (Å²) in [5, 5.41) is 2.98. The van der Waals surface area contributed by atoms with Gasteiger partial charge in [0, 0.05) is 31.2 Å². The van der Waals surface area contributed by atoms with Crippen LogP contribution in [0.1, 0.15) is 53.3 Å². The summed E-state index contributed by atoms with van der Waals surface area (Å²) in [7, 11) is 0. The molecular formula is C32H42Cl3F2N5O2. The normalized spacial score (nSPS) is 15.1. The van der Waals surface area contributed by atoms with Crippen LogP contribution in [0.25, 0.3) is 0 Å². The largest absolute Gasteiger partial charge is 0.368 e. The average Bonchev–Trinajstić information content (AvgIpc) is 2.92. The van der Waals surface area contributed by atoms with Crippen LogP contribution in [0.15, 0.2) is 54.6 Å². The monoisotopic (exact) mass is 671 g/mol. The number of carbonyl (C=O) groups is 2. The summed E-state index contributed by atoms with van der Waals surface area (Å²) in [6.07, 6.45) is 2.49. The molecule has 0 saturated carbocycles. The first kappa shape index (κ1) is 39.2. The second-order valence-corrected chi connectivity index (χ2v) is 10.9. The van der Waals surface area contributed by atoms with Gasteiger partial charge in [0.25, 0.3) is 0 Å². The number of unbranched alkanes of at least 4 members (excludes halogenated alkanes) is 1. The van der Waals surface area contributed by atoms with E-state index < -0.39 is 11.9 Å². The van der Waals surface area contributed by atoms with E-state index in [4.69, 9.17) is 5.73 Å². The van der Waals surface area contributed by atoms with Gasteiger partial charge in [0.05, 0.1) is 17.9 Å². The highest BCUT2D eigenvalue weighted by molar-refractivity contribution is 5.93. The van der Waals surface area contributed by atoms with Crippen LogP contribution in [0, 0.1) is 32.4 Å². The molecule has 3 aromatic rings. The number of anilines is 1. The van der Waals surface area contributed by atoms with E-state index in [1.54, 1.807) is 24.3 Å². The lowest BCUT2D eigenvalue weighted by Gasteiger charge is -2.39. The number of piperazine rings is 1. The van der Waals surface area contributed by atoms with Crippen molar-refractivity contribution in [3.63, 3.8) is 0 Å². The molecule has 0 radical (unpaired) electrons. The second kappa shape index (κ2) is 18.2. The lowest BCUT2D eigenvalue weighted by molar-refractivity contribution is -0.127. The molecule has 3 N–H and O–H groups in total. The zero-order valence-corrected chi connectivity index (χ0v) is 27.7. The number of carbonyl (C=O) groups excluding carboxylic acids is 2. The number of rotatable bonds is 11. The Morgan fingerprint density at radius 2 is 1.50 bits per heavy atom. The highest BCUT2D eigenvalue weighted by Gasteiger charge is 2.31. The SMILES string of the molecule is Cc1cc(C)c(NC(=O)CN2CCN(CCCCC(c3ccc(F)cc3)c3ccc(F)cc3)C(C(N)=O)C2)c(C)n1.Cl.Cl.Cl. The van der Waals surface area contributed by atoms with Gasteiger partial charge in [-0.2, -0.15) is 0 Å². The van der Waals surface area contributed by atoms with Gasteiger partial charge in [-0.1, -0.05) is 30.7 Å². The van der Waals surface area contributed by atoms with E-state index in [1.807, 2.05) is 31.7 Å². The summed E-state index contributed by atoms with van der Waals surface area (Å²) < 4.78 is 27.1. The van der Waals surface area contributed by atoms with Gasteiger partial charge in [0.1, 0.15) is 17.7 Å². The van der Waals surface area contributed by atoms with Crippen molar-refractivity contribution in [1.82, 2.24) is 14.8 Å². The molecule has 4 rings (SSSR count). The summed E-state index contributed by atoms with van der Waals surface area (Å²) in [4.78, 5) is 33.7. The third-order valence-electron chi connectivity index (χ3n) is 7.79. The number of nitrogens with two attached hydrogens (primary N) is 1. The van der Waals surface area contributed by atoms with Gasteiger partial charge in [0.15, 0.2) is 0 Å². The molecule has 12 heteroatoms. The van der Waals surface area contributed by atoms with Crippen LogP contribution in [0.2, 0.25) is 0 Å². The number of amides is 2. The van der Waals surface area contributed by atoms with E-state index in [9.17, 15) is 18.4 Å². The topological polar surface area (TPSA) is 91.6 Å². The molecule has 1 aromatic heterocycles. The first-order valence-corrected chi connectivity index (χ1v) is 14.1. The predicted octanol–water partition coefficient (Wildman–Crippen LogP) is 5.96. The fraction of sp³-hybridized carbons (Fsp3) is 0.406. The Morgan fingerprint density at radius 3 is 2.02 bits per heavy atom. The van der Waals surface area contributed by atoms with Crippen LogP contribution in [0.3, 0.4) is 0 Å². The van der Waals surface area contributed by atoms with E-state index in [-0.39, 0.29) is 67.2 Å². The number of pyridine rings is 1. The molecule has 242 valence electrons. The molecule has 2 heterocycles. The van der Waals surface area contributed by atoms with Crippen molar-refractivity contribution in [1.29, 1.82) is 0 Å². The average molecular weight is 673 g/mol. The zero-order chi connectivity index (χ0) is 29.5. The number of aromatic nitrogens is 1. The molecule has 44 heavy (non-hydrogen) atoms. The van der Waals surface area contributed by atoms with E-state index >= 15 is 0 Å². The highest BCUT2D eigenvalue weighted by atomic mass is 35.5. The van der Waals surface area contributed by atoms with E-state index in [0.717, 1.165) is 53.0 Å². The number of nitrogens with one attached hydrogen (secondary N) is 1. The molecule has 1 aliphatic heterocycles. The summed E-state index contributed by atoms with van der Waals surface area (Å²) in [5.41, 5.74) is 11.1. The van der Waals surface area contributed by atoms with Gasteiger partial charge in [-0.05, 0) is 87.2 Å². The summed E-state index contributed by atoms with van der Waals surface area (Å²) in [6.45, 7) is 8.27. The van der Waals surface area contributed by atoms with Gasteiger partial charge in [-0.3, -0.25) is 24.4 Å². The van der Waals surface area contributed by atoms with Gasteiger partial charge in [-0.15, -0.1) is 37.2 Å². The Labute approximate surface area is 277 Å². The smallest absolute Gasteiger partial charge is 0.238 e. The Bertz CT molecular complexity index is 1290. The van der Waals surface area contributed by atoms with Gasteiger partial charge >= 0.3 is 0 Å². The minimum atomic E-state index is -0.481. The molecule has 1 fully saturated rings. The molecule has 0 aliphatic carbocycles. The Kier molecular flexibility index (Phi) is 16.2. The van der Waals surface area contributed by atoms with E-state index in [0.29, 0.717) is 26.2 Å². The minimum Gasteiger partial charge on any atom is -0.368 e. The van der Waals surface area contributed by atoms with Crippen LogP contribution >= 0.6 is 37.2 Å². The van der Waals surface area contributed by atoms with Crippen LogP contribution in [0.4, 0.5) is 14.5 Å². The van der Waals surface area contributed by atoms with Crippen molar-refractivity contribution in [2.75, 3.05) is 38.0 Å². The standard InChI is InChI=1S/C32H39F2N5O2.3ClH/c1-21-18-22(2)36-23(3)31(21)37-30(40)20-38-16-17-39(29(19-38)32(35)41)15-5-4-6-28(24-7-11-26(33)12-8-24)25-9-13-27(34)14-10-25;;;/h7-14,18,28-29H,4-6,15-17,19-20H2,1-3H3,(H2,35,41)(H,37,40);3*1H. The molecule has 2 aromatic carbocycles. The maximum absolute atomic E-state index is 13.5. The van der Waals surface area contributed by atoms with Crippen LogP contribution in [-0.4, -0.2) is 65.4 Å². The van der Waals surface area contributed by atoms with Crippen molar-refractivity contribution in [3.8, 4) is 0 Å². The highest BCUT2D eigenvalue weighted by Crippen LogP contribution is 2.30. The van der Waals surface area contributed by atoms with Crippen molar-refractivity contribution < 1.29 is 18.4 Å². The lowest BCUT2D eigenvalue weighted by Crippen LogP contribution is -2.59. The Hall–Kier alpha value is -2.82. The van der Waals surface area contributed by atoms with E-state index in [1.165, 1.54) is 24.3 Å². The number of hydrogen-bond donors (Lipinski definition) is 2.